The zero-order chi connectivity index (χ0) is 17.4. The Labute approximate surface area is 140 Å². The highest BCUT2D eigenvalue weighted by molar-refractivity contribution is 5.93. The molecular formula is C18H20N2O4. The fourth-order valence-corrected chi connectivity index (χ4v) is 2.12. The van der Waals surface area contributed by atoms with Gasteiger partial charge < -0.3 is 20.5 Å². The van der Waals surface area contributed by atoms with Gasteiger partial charge in [0.2, 0.25) is 5.91 Å². The number of hydrogen-bond donors (Lipinski definition) is 2. The molecular weight excluding hydrogens is 308 g/mol. The second-order valence-corrected chi connectivity index (χ2v) is 5.04. The van der Waals surface area contributed by atoms with Crippen molar-refractivity contribution in [2.45, 2.75) is 13.3 Å². The summed E-state index contributed by atoms with van der Waals surface area (Å²) >= 11 is 0. The average molecular weight is 328 g/mol. The van der Waals surface area contributed by atoms with E-state index in [1.807, 2.05) is 6.92 Å². The van der Waals surface area contributed by atoms with Crippen LogP contribution in [0.1, 0.15) is 12.5 Å². The molecule has 6 nitrogen and oxygen atoms in total. The first kappa shape index (κ1) is 17.3. The molecule has 0 spiro atoms. The number of benzene rings is 2. The summed E-state index contributed by atoms with van der Waals surface area (Å²) in [5, 5.41) is 2.72. The van der Waals surface area contributed by atoms with Crippen molar-refractivity contribution in [1.29, 1.82) is 0 Å². The molecule has 3 N–H and O–H groups in total. The molecule has 2 amide bonds. The third-order valence-electron chi connectivity index (χ3n) is 3.16. The van der Waals surface area contributed by atoms with Crippen molar-refractivity contribution < 1.29 is 19.1 Å². The van der Waals surface area contributed by atoms with E-state index in [0.29, 0.717) is 23.6 Å². The number of rotatable bonds is 8. The van der Waals surface area contributed by atoms with Crippen LogP contribution in [0.15, 0.2) is 48.5 Å². The third kappa shape index (κ3) is 5.31. The van der Waals surface area contributed by atoms with Gasteiger partial charge in [-0.25, -0.2) is 0 Å². The first-order chi connectivity index (χ1) is 11.6. The molecule has 0 fully saturated rings. The van der Waals surface area contributed by atoms with Gasteiger partial charge >= 0.3 is 0 Å². The van der Waals surface area contributed by atoms with Crippen LogP contribution in [0.5, 0.6) is 11.5 Å². The minimum atomic E-state index is -0.456. The fraction of sp³-hybridized carbons (Fsp3) is 0.222. The van der Waals surface area contributed by atoms with E-state index in [2.05, 4.69) is 5.32 Å². The Bertz CT molecular complexity index is 698. The number of hydrogen-bond acceptors (Lipinski definition) is 4. The summed E-state index contributed by atoms with van der Waals surface area (Å²) in [5.74, 6) is 0.539. The molecule has 0 unspecified atom stereocenters. The molecule has 0 aliphatic carbocycles. The quantitative estimate of drug-likeness (QED) is 0.776. The predicted octanol–water partition coefficient (Wildman–Crippen LogP) is 2.13. The molecule has 0 saturated carbocycles. The summed E-state index contributed by atoms with van der Waals surface area (Å²) in [7, 11) is 0. The van der Waals surface area contributed by atoms with Crippen LogP contribution >= 0.6 is 0 Å². The van der Waals surface area contributed by atoms with Crippen molar-refractivity contribution in [3.8, 4) is 11.5 Å². The Morgan fingerprint density at radius 1 is 1.00 bits per heavy atom. The van der Waals surface area contributed by atoms with Gasteiger partial charge in [-0.1, -0.05) is 18.2 Å². The van der Waals surface area contributed by atoms with Crippen LogP contribution in [0.2, 0.25) is 0 Å². The molecule has 0 aromatic heterocycles. The monoisotopic (exact) mass is 328 g/mol. The largest absolute Gasteiger partial charge is 0.494 e. The van der Waals surface area contributed by atoms with Gasteiger partial charge in [-0.2, -0.15) is 0 Å². The number of amides is 2. The molecule has 2 aromatic carbocycles. The SMILES string of the molecule is CCOc1ccc(OCC(=O)Nc2ccccc2CC(N)=O)cc1. The zero-order valence-electron chi connectivity index (χ0n) is 13.5. The Kier molecular flexibility index (Phi) is 6.19. The minimum Gasteiger partial charge on any atom is -0.494 e. The number of carbonyl (C=O) groups excluding carboxylic acids is 2. The highest BCUT2D eigenvalue weighted by Gasteiger charge is 2.09. The Balaban J connectivity index is 1.90. The van der Waals surface area contributed by atoms with Crippen molar-refractivity contribution in [3.05, 3.63) is 54.1 Å². The van der Waals surface area contributed by atoms with Crippen molar-refractivity contribution in [3.63, 3.8) is 0 Å². The molecule has 0 bridgehead atoms. The van der Waals surface area contributed by atoms with E-state index in [1.54, 1.807) is 48.5 Å². The van der Waals surface area contributed by atoms with Gasteiger partial charge in [0.25, 0.3) is 5.91 Å². The van der Waals surface area contributed by atoms with E-state index in [1.165, 1.54) is 0 Å². The lowest BCUT2D eigenvalue weighted by atomic mass is 10.1. The maximum Gasteiger partial charge on any atom is 0.262 e. The maximum absolute atomic E-state index is 12.0. The van der Waals surface area contributed by atoms with Crippen LogP contribution in [-0.2, 0) is 16.0 Å². The van der Waals surface area contributed by atoms with Gasteiger partial charge in [-0.05, 0) is 42.8 Å². The standard InChI is InChI=1S/C18H20N2O4/c1-2-23-14-7-9-15(10-8-14)24-12-18(22)20-16-6-4-3-5-13(16)11-17(19)21/h3-10H,2,11-12H2,1H3,(H2,19,21)(H,20,22). The van der Waals surface area contributed by atoms with Crippen LogP contribution in [0, 0.1) is 0 Å². The molecule has 24 heavy (non-hydrogen) atoms. The van der Waals surface area contributed by atoms with Crippen LogP contribution in [0.3, 0.4) is 0 Å². The van der Waals surface area contributed by atoms with Crippen LogP contribution in [0.25, 0.3) is 0 Å². The Hall–Kier alpha value is -3.02. The lowest BCUT2D eigenvalue weighted by Gasteiger charge is -2.11. The van der Waals surface area contributed by atoms with E-state index in [0.717, 1.165) is 5.75 Å². The molecule has 0 atom stereocenters. The van der Waals surface area contributed by atoms with Gasteiger partial charge in [0, 0.05) is 5.69 Å². The van der Waals surface area contributed by atoms with Gasteiger partial charge in [-0.15, -0.1) is 0 Å². The summed E-state index contributed by atoms with van der Waals surface area (Å²) in [4.78, 5) is 23.1. The van der Waals surface area contributed by atoms with E-state index < -0.39 is 5.91 Å². The first-order valence-corrected chi connectivity index (χ1v) is 7.60. The molecule has 6 heteroatoms. The van der Waals surface area contributed by atoms with Crippen molar-refractivity contribution in [2.24, 2.45) is 5.73 Å². The highest BCUT2D eigenvalue weighted by Crippen LogP contribution is 2.18. The Morgan fingerprint density at radius 3 is 2.25 bits per heavy atom. The molecule has 0 heterocycles. The van der Waals surface area contributed by atoms with Crippen LogP contribution in [-0.4, -0.2) is 25.0 Å². The molecule has 0 aliphatic rings. The summed E-state index contributed by atoms with van der Waals surface area (Å²) in [6.07, 6.45) is 0.0657. The van der Waals surface area contributed by atoms with E-state index in [-0.39, 0.29) is 18.9 Å². The van der Waals surface area contributed by atoms with Crippen LogP contribution in [0.4, 0.5) is 5.69 Å². The maximum atomic E-state index is 12.0. The van der Waals surface area contributed by atoms with E-state index >= 15 is 0 Å². The number of para-hydroxylation sites is 1. The number of carbonyl (C=O) groups is 2. The first-order valence-electron chi connectivity index (χ1n) is 7.60. The number of nitrogens with one attached hydrogen (secondary N) is 1. The number of primary amides is 1. The van der Waals surface area contributed by atoms with Gasteiger partial charge in [-0.3, -0.25) is 9.59 Å². The molecule has 126 valence electrons. The summed E-state index contributed by atoms with van der Waals surface area (Å²) in [6.45, 7) is 2.36. The van der Waals surface area contributed by atoms with E-state index in [9.17, 15) is 9.59 Å². The zero-order valence-corrected chi connectivity index (χ0v) is 13.5. The van der Waals surface area contributed by atoms with Gasteiger partial charge in [0.1, 0.15) is 11.5 Å². The molecule has 0 saturated heterocycles. The fourth-order valence-electron chi connectivity index (χ4n) is 2.12. The number of anilines is 1. The molecule has 0 aliphatic heterocycles. The van der Waals surface area contributed by atoms with E-state index in [4.69, 9.17) is 15.2 Å². The topological polar surface area (TPSA) is 90.7 Å². The third-order valence-corrected chi connectivity index (χ3v) is 3.16. The second kappa shape index (κ2) is 8.57. The predicted molar refractivity (Wildman–Crippen MR) is 91.1 cm³/mol. The number of nitrogens with two attached hydrogens (primary N) is 1. The summed E-state index contributed by atoms with van der Waals surface area (Å²) in [5.41, 5.74) is 6.42. The lowest BCUT2D eigenvalue weighted by molar-refractivity contribution is -0.118. The normalized spacial score (nSPS) is 10.0. The lowest BCUT2D eigenvalue weighted by Crippen LogP contribution is -2.22. The van der Waals surface area contributed by atoms with Crippen molar-refractivity contribution in [1.82, 2.24) is 0 Å². The summed E-state index contributed by atoms with van der Waals surface area (Å²) < 4.78 is 10.8. The van der Waals surface area contributed by atoms with Crippen molar-refractivity contribution >= 4 is 17.5 Å². The van der Waals surface area contributed by atoms with Gasteiger partial charge in [0.05, 0.1) is 13.0 Å². The van der Waals surface area contributed by atoms with Crippen LogP contribution < -0.4 is 20.5 Å². The smallest absolute Gasteiger partial charge is 0.262 e. The molecule has 2 aromatic rings. The molecule has 0 radical (unpaired) electrons. The second-order valence-electron chi connectivity index (χ2n) is 5.04. The number of ether oxygens (including phenoxy) is 2. The highest BCUT2D eigenvalue weighted by atomic mass is 16.5. The van der Waals surface area contributed by atoms with Gasteiger partial charge in [0.15, 0.2) is 6.61 Å². The Morgan fingerprint density at radius 2 is 1.62 bits per heavy atom. The average Bonchev–Trinajstić information content (AvgIpc) is 2.56. The van der Waals surface area contributed by atoms with Crippen molar-refractivity contribution in [2.75, 3.05) is 18.5 Å². The summed E-state index contributed by atoms with van der Waals surface area (Å²) in [6, 6.07) is 14.0. The molecule has 2 rings (SSSR count). The minimum absolute atomic E-state index is 0.0657.